The van der Waals surface area contributed by atoms with Crippen LogP contribution in [0.3, 0.4) is 0 Å². The molecule has 1 aromatic rings. The number of hydrogen-bond donors (Lipinski definition) is 1. The first-order valence-corrected chi connectivity index (χ1v) is 6.72. The number of benzene rings is 1. The van der Waals surface area contributed by atoms with Gasteiger partial charge in [-0.05, 0) is 37.0 Å². The van der Waals surface area contributed by atoms with Gasteiger partial charge in [-0.3, -0.25) is 0 Å². The average molecular weight is 243 g/mol. The Morgan fingerprint density at radius 3 is 2.60 bits per heavy atom. The third kappa shape index (κ3) is 3.13. The Bertz CT molecular complexity index is 312. The molecule has 3 heteroatoms. The van der Waals surface area contributed by atoms with Crippen LogP contribution in [0.2, 0.25) is 5.02 Å². The molecule has 1 aromatic carbocycles. The highest BCUT2D eigenvalue weighted by Crippen LogP contribution is 2.32. The first-order valence-electron chi connectivity index (χ1n) is 5.30. The van der Waals surface area contributed by atoms with Gasteiger partial charge in [-0.1, -0.05) is 23.7 Å². The molecule has 1 saturated carbocycles. The summed E-state index contributed by atoms with van der Waals surface area (Å²) >= 11 is 7.67. The van der Waals surface area contributed by atoms with E-state index in [4.69, 9.17) is 11.6 Å². The fraction of sp³-hybridized carbons (Fsp3) is 0.500. The van der Waals surface area contributed by atoms with Gasteiger partial charge in [0.15, 0.2) is 0 Å². The molecule has 2 atom stereocenters. The van der Waals surface area contributed by atoms with Crippen LogP contribution in [-0.2, 0) is 5.75 Å². The zero-order chi connectivity index (χ0) is 10.7. The van der Waals surface area contributed by atoms with Crippen molar-refractivity contribution in [3.05, 3.63) is 34.9 Å². The molecule has 0 aliphatic heterocycles. The molecule has 0 heterocycles. The van der Waals surface area contributed by atoms with Crippen molar-refractivity contribution in [2.24, 2.45) is 0 Å². The second-order valence-corrected chi connectivity index (χ2v) is 5.64. The predicted molar refractivity (Wildman–Crippen MR) is 66.4 cm³/mol. The van der Waals surface area contributed by atoms with E-state index in [1.165, 1.54) is 12.0 Å². The zero-order valence-corrected chi connectivity index (χ0v) is 10.1. The maximum Gasteiger partial charge on any atom is 0.0658 e. The average Bonchev–Trinajstić information content (AvgIpc) is 2.63. The van der Waals surface area contributed by atoms with E-state index in [2.05, 4.69) is 12.1 Å². The Kier molecular flexibility index (Phi) is 3.95. The first kappa shape index (κ1) is 11.3. The van der Waals surface area contributed by atoms with E-state index in [0.29, 0.717) is 5.25 Å². The fourth-order valence-electron chi connectivity index (χ4n) is 1.88. The maximum atomic E-state index is 9.67. The summed E-state index contributed by atoms with van der Waals surface area (Å²) in [6, 6.07) is 7.94. The van der Waals surface area contributed by atoms with Gasteiger partial charge in [-0.15, -0.1) is 0 Å². The van der Waals surface area contributed by atoms with Crippen LogP contribution < -0.4 is 0 Å². The molecule has 0 amide bonds. The van der Waals surface area contributed by atoms with Gasteiger partial charge >= 0.3 is 0 Å². The minimum absolute atomic E-state index is 0.0951. The maximum absolute atomic E-state index is 9.67. The van der Waals surface area contributed by atoms with Crippen molar-refractivity contribution in [2.75, 3.05) is 0 Å². The summed E-state index contributed by atoms with van der Waals surface area (Å²) in [6.07, 6.45) is 3.19. The number of thioether (sulfide) groups is 1. The van der Waals surface area contributed by atoms with Gasteiger partial charge in [0.2, 0.25) is 0 Å². The standard InChI is InChI=1S/C12H15ClOS/c13-10-6-4-9(5-7-10)8-15-12-3-1-2-11(12)14/h4-7,11-12,14H,1-3,8H2/t11-,12-/m1/s1. The molecule has 0 unspecified atom stereocenters. The van der Waals surface area contributed by atoms with Gasteiger partial charge in [-0.25, -0.2) is 0 Å². The molecule has 0 spiro atoms. The van der Waals surface area contributed by atoms with Crippen molar-refractivity contribution in [1.82, 2.24) is 0 Å². The van der Waals surface area contributed by atoms with Crippen LogP contribution in [-0.4, -0.2) is 16.5 Å². The number of aliphatic hydroxyl groups excluding tert-OH is 1. The summed E-state index contributed by atoms with van der Waals surface area (Å²) in [7, 11) is 0. The fourth-order valence-corrected chi connectivity index (χ4v) is 3.30. The second kappa shape index (κ2) is 5.24. The van der Waals surface area contributed by atoms with E-state index in [1.54, 1.807) is 0 Å². The highest BCUT2D eigenvalue weighted by atomic mass is 35.5. The number of hydrogen-bond acceptors (Lipinski definition) is 2. The van der Waals surface area contributed by atoms with Crippen LogP contribution in [0.5, 0.6) is 0 Å². The highest BCUT2D eigenvalue weighted by Gasteiger charge is 2.25. The second-order valence-electron chi connectivity index (χ2n) is 3.97. The van der Waals surface area contributed by atoms with Crippen molar-refractivity contribution in [1.29, 1.82) is 0 Å². The van der Waals surface area contributed by atoms with Gasteiger partial charge in [0.1, 0.15) is 0 Å². The minimum Gasteiger partial charge on any atom is -0.392 e. The van der Waals surface area contributed by atoms with E-state index in [0.717, 1.165) is 23.6 Å². The van der Waals surface area contributed by atoms with E-state index in [-0.39, 0.29) is 6.10 Å². The molecule has 1 nitrogen and oxygen atoms in total. The third-order valence-electron chi connectivity index (χ3n) is 2.80. The Hall–Kier alpha value is -0.180. The van der Waals surface area contributed by atoms with Crippen molar-refractivity contribution in [2.45, 2.75) is 36.4 Å². The SMILES string of the molecule is O[C@@H]1CCC[C@H]1SCc1ccc(Cl)cc1. The lowest BCUT2D eigenvalue weighted by molar-refractivity contribution is 0.188. The lowest BCUT2D eigenvalue weighted by Crippen LogP contribution is -2.15. The Labute approximate surface area is 99.8 Å². The van der Waals surface area contributed by atoms with Crippen molar-refractivity contribution < 1.29 is 5.11 Å². The van der Waals surface area contributed by atoms with Gasteiger partial charge in [0, 0.05) is 16.0 Å². The lowest BCUT2D eigenvalue weighted by Gasteiger charge is -2.13. The summed E-state index contributed by atoms with van der Waals surface area (Å²) < 4.78 is 0. The molecule has 82 valence electrons. The molecule has 0 bridgehead atoms. The lowest BCUT2D eigenvalue weighted by atomic mass is 10.2. The number of halogens is 1. The molecular formula is C12H15ClOS. The summed E-state index contributed by atoms with van der Waals surface area (Å²) in [4.78, 5) is 0. The van der Waals surface area contributed by atoms with Gasteiger partial charge in [-0.2, -0.15) is 11.8 Å². The van der Waals surface area contributed by atoms with Crippen LogP contribution in [0.15, 0.2) is 24.3 Å². The Morgan fingerprint density at radius 1 is 1.27 bits per heavy atom. The van der Waals surface area contributed by atoms with E-state index in [9.17, 15) is 5.11 Å². The molecule has 1 fully saturated rings. The molecule has 0 saturated heterocycles. The molecule has 15 heavy (non-hydrogen) atoms. The third-order valence-corrected chi connectivity index (χ3v) is 4.53. The number of aliphatic hydroxyl groups is 1. The topological polar surface area (TPSA) is 20.2 Å². The van der Waals surface area contributed by atoms with E-state index >= 15 is 0 Å². The van der Waals surface area contributed by atoms with E-state index < -0.39 is 0 Å². The predicted octanol–water partition coefficient (Wildman–Crippen LogP) is 3.49. The highest BCUT2D eigenvalue weighted by molar-refractivity contribution is 7.99. The van der Waals surface area contributed by atoms with Crippen LogP contribution in [0.25, 0.3) is 0 Å². The molecule has 1 aliphatic carbocycles. The molecule has 0 aromatic heterocycles. The van der Waals surface area contributed by atoms with Crippen molar-refractivity contribution in [3.8, 4) is 0 Å². The number of rotatable bonds is 3. The summed E-state index contributed by atoms with van der Waals surface area (Å²) in [5.74, 6) is 0.971. The van der Waals surface area contributed by atoms with Crippen LogP contribution in [0, 0.1) is 0 Å². The molecule has 0 radical (unpaired) electrons. The van der Waals surface area contributed by atoms with Gasteiger partial charge in [0.05, 0.1) is 6.10 Å². The van der Waals surface area contributed by atoms with Crippen LogP contribution in [0.4, 0.5) is 0 Å². The normalized spacial score (nSPS) is 25.7. The summed E-state index contributed by atoms with van der Waals surface area (Å²) in [6.45, 7) is 0. The molecule has 2 rings (SSSR count). The molecule has 1 N–H and O–H groups in total. The Morgan fingerprint density at radius 2 is 2.00 bits per heavy atom. The summed E-state index contributed by atoms with van der Waals surface area (Å²) in [5, 5.41) is 10.9. The van der Waals surface area contributed by atoms with E-state index in [1.807, 2.05) is 23.9 Å². The van der Waals surface area contributed by atoms with Crippen LogP contribution >= 0.6 is 23.4 Å². The van der Waals surface area contributed by atoms with Crippen molar-refractivity contribution in [3.63, 3.8) is 0 Å². The quantitative estimate of drug-likeness (QED) is 0.876. The first-order chi connectivity index (χ1) is 7.25. The Balaban J connectivity index is 1.85. The van der Waals surface area contributed by atoms with Crippen molar-refractivity contribution >= 4 is 23.4 Å². The minimum atomic E-state index is -0.0951. The van der Waals surface area contributed by atoms with Gasteiger partial charge < -0.3 is 5.11 Å². The zero-order valence-electron chi connectivity index (χ0n) is 8.53. The monoisotopic (exact) mass is 242 g/mol. The smallest absolute Gasteiger partial charge is 0.0658 e. The van der Waals surface area contributed by atoms with Gasteiger partial charge in [0.25, 0.3) is 0 Å². The summed E-state index contributed by atoms with van der Waals surface area (Å²) in [5.41, 5.74) is 1.28. The molecular weight excluding hydrogens is 228 g/mol. The molecule has 1 aliphatic rings. The largest absolute Gasteiger partial charge is 0.392 e. The van der Waals surface area contributed by atoms with Crippen LogP contribution in [0.1, 0.15) is 24.8 Å².